The molecule has 0 radical (unpaired) electrons. The van der Waals surface area contributed by atoms with E-state index in [1.54, 1.807) is 6.08 Å². The Bertz CT molecular complexity index is 1090. The average molecular weight is 580 g/mol. The molecule has 1 N–H and O–H groups in total. The summed E-state index contributed by atoms with van der Waals surface area (Å²) in [5.74, 6) is 0.0648. The number of ketones is 1. The number of rotatable bonds is 14. The molecule has 2 aromatic rings. The number of benzene rings is 2. The third-order valence-electron chi connectivity index (χ3n) is 7.15. The molecule has 1 amide bonds. The topological polar surface area (TPSA) is 64.6 Å². The van der Waals surface area contributed by atoms with Crippen LogP contribution in [0, 0.1) is 23.2 Å². The fourth-order valence-electron chi connectivity index (χ4n) is 5.04. The Hall–Kier alpha value is -2.70. The van der Waals surface area contributed by atoms with Gasteiger partial charge in [0.1, 0.15) is 5.60 Å². The monoisotopic (exact) mass is 579 g/mol. The highest BCUT2D eigenvalue weighted by Crippen LogP contribution is 2.37. The molecular formula is C35H53NO4Si. The molecule has 0 bridgehead atoms. The van der Waals surface area contributed by atoms with Gasteiger partial charge in [-0.25, -0.2) is 4.79 Å². The Morgan fingerprint density at radius 2 is 1.41 bits per heavy atom. The molecule has 226 valence electrons. The number of carbonyl (C=O) groups is 2. The second-order valence-electron chi connectivity index (χ2n) is 13.7. The van der Waals surface area contributed by atoms with Crippen LogP contribution in [0.25, 0.3) is 0 Å². The zero-order valence-corrected chi connectivity index (χ0v) is 27.9. The lowest BCUT2D eigenvalue weighted by Gasteiger charge is -2.39. The SMILES string of the molecule is CC(/C=C\C(=O)[C@@H](Cc1ccccc1)C[C@H]([C@H](Cc1ccccc1)NC(=O)OC(C)(C)C)C(C)(C)C)CO[SiH](C)C. The van der Waals surface area contributed by atoms with E-state index in [-0.39, 0.29) is 35.0 Å². The first-order valence-corrected chi connectivity index (χ1v) is 17.8. The van der Waals surface area contributed by atoms with Gasteiger partial charge in [-0.2, -0.15) is 0 Å². The highest BCUT2D eigenvalue weighted by atomic mass is 28.3. The summed E-state index contributed by atoms with van der Waals surface area (Å²) in [6.45, 7) is 19.2. The lowest BCUT2D eigenvalue weighted by Crippen LogP contribution is -2.49. The van der Waals surface area contributed by atoms with Crippen molar-refractivity contribution in [2.75, 3.05) is 6.61 Å². The molecule has 5 nitrogen and oxygen atoms in total. The zero-order chi connectivity index (χ0) is 30.6. The normalized spacial score (nSPS) is 15.4. The van der Waals surface area contributed by atoms with Gasteiger partial charge in [0.2, 0.25) is 0 Å². The lowest BCUT2D eigenvalue weighted by molar-refractivity contribution is -0.119. The van der Waals surface area contributed by atoms with Crippen LogP contribution in [-0.4, -0.2) is 39.2 Å². The number of hydrogen-bond acceptors (Lipinski definition) is 4. The number of carbonyl (C=O) groups excluding carboxylic acids is 2. The fraction of sp³-hybridized carbons (Fsp3) is 0.543. The summed E-state index contributed by atoms with van der Waals surface area (Å²) in [6.07, 6.45) is 5.25. The van der Waals surface area contributed by atoms with Crippen molar-refractivity contribution in [1.29, 1.82) is 0 Å². The number of amides is 1. The van der Waals surface area contributed by atoms with Crippen LogP contribution in [0.5, 0.6) is 0 Å². The van der Waals surface area contributed by atoms with Gasteiger partial charge in [-0.1, -0.05) is 94.4 Å². The van der Waals surface area contributed by atoms with Gasteiger partial charge in [0.15, 0.2) is 14.8 Å². The van der Waals surface area contributed by atoms with Gasteiger partial charge in [0, 0.05) is 18.6 Å². The molecular weight excluding hydrogens is 526 g/mol. The maximum Gasteiger partial charge on any atom is 0.407 e. The quantitative estimate of drug-likeness (QED) is 0.183. The summed E-state index contributed by atoms with van der Waals surface area (Å²) in [6, 6.07) is 20.2. The average Bonchev–Trinajstić information content (AvgIpc) is 2.87. The first kappa shape index (κ1) is 34.5. The van der Waals surface area contributed by atoms with Gasteiger partial charge in [-0.05, 0) is 87.6 Å². The predicted octanol–water partition coefficient (Wildman–Crippen LogP) is 7.80. The van der Waals surface area contributed by atoms with Crippen LogP contribution < -0.4 is 5.32 Å². The van der Waals surface area contributed by atoms with E-state index in [2.05, 4.69) is 70.4 Å². The zero-order valence-electron chi connectivity index (χ0n) is 26.8. The van der Waals surface area contributed by atoms with Crippen LogP contribution in [0.1, 0.15) is 66.0 Å². The van der Waals surface area contributed by atoms with Gasteiger partial charge in [-0.3, -0.25) is 4.79 Å². The molecule has 0 aliphatic carbocycles. The molecule has 41 heavy (non-hydrogen) atoms. The Balaban J connectivity index is 2.41. The Morgan fingerprint density at radius 1 is 0.878 bits per heavy atom. The minimum absolute atomic E-state index is 0.00832. The highest BCUT2D eigenvalue weighted by molar-refractivity contribution is 6.48. The maximum absolute atomic E-state index is 13.8. The summed E-state index contributed by atoms with van der Waals surface area (Å²) >= 11 is 0. The van der Waals surface area contributed by atoms with E-state index < -0.39 is 20.7 Å². The number of allylic oxidation sites excluding steroid dienone is 1. The number of nitrogens with one attached hydrogen (secondary N) is 1. The molecule has 0 spiro atoms. The Kier molecular flexibility index (Phi) is 13.5. The number of alkyl carbamates (subject to hydrolysis) is 1. The van der Waals surface area contributed by atoms with Gasteiger partial charge < -0.3 is 14.5 Å². The van der Waals surface area contributed by atoms with E-state index in [4.69, 9.17) is 9.16 Å². The van der Waals surface area contributed by atoms with Crippen LogP contribution in [0.2, 0.25) is 13.1 Å². The van der Waals surface area contributed by atoms with E-state index in [0.29, 0.717) is 25.9 Å². The molecule has 0 saturated heterocycles. The predicted molar refractivity (Wildman–Crippen MR) is 173 cm³/mol. The smallest absolute Gasteiger partial charge is 0.407 e. The largest absolute Gasteiger partial charge is 0.444 e. The second-order valence-corrected chi connectivity index (χ2v) is 16.1. The van der Waals surface area contributed by atoms with Crippen molar-refractivity contribution in [3.8, 4) is 0 Å². The Morgan fingerprint density at radius 3 is 1.90 bits per heavy atom. The van der Waals surface area contributed by atoms with Gasteiger partial charge in [0.25, 0.3) is 0 Å². The van der Waals surface area contributed by atoms with Crippen molar-refractivity contribution >= 4 is 20.9 Å². The minimum Gasteiger partial charge on any atom is -0.444 e. The lowest BCUT2D eigenvalue weighted by atomic mass is 9.69. The molecule has 2 rings (SSSR count). The van der Waals surface area contributed by atoms with E-state index in [1.807, 2.05) is 63.2 Å². The molecule has 1 unspecified atom stereocenters. The number of ether oxygens (including phenoxy) is 1. The summed E-state index contributed by atoms with van der Waals surface area (Å²) in [7, 11) is -1.11. The fourth-order valence-corrected chi connectivity index (χ4v) is 5.73. The van der Waals surface area contributed by atoms with Crippen LogP contribution in [0.3, 0.4) is 0 Å². The molecule has 0 aliphatic heterocycles. The van der Waals surface area contributed by atoms with Crippen molar-refractivity contribution in [3.63, 3.8) is 0 Å². The van der Waals surface area contributed by atoms with Crippen LogP contribution >= 0.6 is 0 Å². The Labute approximate surface area is 250 Å². The molecule has 4 atom stereocenters. The molecule has 6 heteroatoms. The molecule has 0 aromatic heterocycles. The van der Waals surface area contributed by atoms with Gasteiger partial charge in [0.05, 0.1) is 0 Å². The molecule has 0 fully saturated rings. The minimum atomic E-state index is -1.11. The maximum atomic E-state index is 13.8. The highest BCUT2D eigenvalue weighted by Gasteiger charge is 2.37. The first-order valence-electron chi connectivity index (χ1n) is 15.0. The van der Waals surface area contributed by atoms with Gasteiger partial charge in [-0.15, -0.1) is 0 Å². The third kappa shape index (κ3) is 13.7. The van der Waals surface area contributed by atoms with E-state index in [9.17, 15) is 9.59 Å². The summed E-state index contributed by atoms with van der Waals surface area (Å²) in [5, 5.41) is 3.21. The van der Waals surface area contributed by atoms with Crippen molar-refractivity contribution < 1.29 is 18.8 Å². The summed E-state index contributed by atoms with van der Waals surface area (Å²) in [5.41, 5.74) is 1.48. The standard InChI is InChI=1S/C35H53NO4Si/c1-26(25-39-41(8)9)20-21-32(37)29(22-27-16-12-10-13-17-27)24-30(34(2,3)4)31(23-28-18-14-11-15-19-28)36-33(38)40-35(5,6)7/h10-21,26,29-31,41H,22-25H2,1-9H3,(H,36,38)/b21-20-/t26?,29-,30+,31-/m0/s1. The van der Waals surface area contributed by atoms with Crippen molar-refractivity contribution in [3.05, 3.63) is 83.9 Å². The van der Waals surface area contributed by atoms with E-state index in [1.165, 1.54) is 0 Å². The number of hydrogen-bond donors (Lipinski definition) is 1. The summed E-state index contributed by atoms with van der Waals surface area (Å²) in [4.78, 5) is 26.9. The first-order chi connectivity index (χ1) is 19.1. The van der Waals surface area contributed by atoms with Crippen molar-refractivity contribution in [2.24, 2.45) is 23.2 Å². The second kappa shape index (κ2) is 16.1. The van der Waals surface area contributed by atoms with E-state index >= 15 is 0 Å². The van der Waals surface area contributed by atoms with Crippen LogP contribution in [0.4, 0.5) is 4.79 Å². The molecule has 0 heterocycles. The van der Waals surface area contributed by atoms with Crippen molar-refractivity contribution in [1.82, 2.24) is 5.32 Å². The van der Waals surface area contributed by atoms with Crippen LogP contribution in [-0.2, 0) is 26.8 Å². The summed E-state index contributed by atoms with van der Waals surface area (Å²) < 4.78 is 11.6. The van der Waals surface area contributed by atoms with Crippen LogP contribution in [0.15, 0.2) is 72.8 Å². The van der Waals surface area contributed by atoms with Gasteiger partial charge >= 0.3 is 6.09 Å². The van der Waals surface area contributed by atoms with E-state index in [0.717, 1.165) is 11.1 Å². The third-order valence-corrected chi connectivity index (χ3v) is 8.00. The molecule has 0 saturated carbocycles. The molecule has 0 aliphatic rings. The van der Waals surface area contributed by atoms with Crippen molar-refractivity contribution in [2.45, 2.75) is 92.5 Å². The molecule has 2 aromatic carbocycles.